The normalized spacial score (nSPS) is 17.2. The molecule has 1 aliphatic carbocycles. The van der Waals surface area contributed by atoms with Gasteiger partial charge in [0.1, 0.15) is 0 Å². The molecule has 0 aromatic heterocycles. The van der Waals surface area contributed by atoms with E-state index in [1.807, 2.05) is 0 Å². The van der Waals surface area contributed by atoms with Crippen molar-refractivity contribution in [2.75, 3.05) is 18.4 Å². The first-order valence-corrected chi connectivity index (χ1v) is 6.66. The first kappa shape index (κ1) is 12.4. The van der Waals surface area contributed by atoms with Crippen molar-refractivity contribution in [2.45, 2.75) is 33.1 Å². The standard InChI is InChI=1S/C15H24N2/c1-12(2)9-13-3-5-14(6-4-13)17-11-15(10-16)7-8-15/h3-6,12,17H,7-11,16H2,1-2H3. The summed E-state index contributed by atoms with van der Waals surface area (Å²) < 4.78 is 0. The van der Waals surface area contributed by atoms with Crippen molar-refractivity contribution in [1.82, 2.24) is 0 Å². The maximum atomic E-state index is 5.77. The Bertz CT molecular complexity index is 350. The lowest BCUT2D eigenvalue weighted by molar-refractivity contribution is 0.556. The summed E-state index contributed by atoms with van der Waals surface area (Å²) >= 11 is 0. The summed E-state index contributed by atoms with van der Waals surface area (Å²) in [6.45, 7) is 6.34. The van der Waals surface area contributed by atoms with E-state index in [1.54, 1.807) is 0 Å². The third-order valence-corrected chi connectivity index (χ3v) is 3.66. The van der Waals surface area contributed by atoms with Gasteiger partial charge >= 0.3 is 0 Å². The van der Waals surface area contributed by atoms with E-state index in [0.717, 1.165) is 25.4 Å². The average Bonchev–Trinajstić information content (AvgIpc) is 3.08. The van der Waals surface area contributed by atoms with Gasteiger partial charge in [-0.2, -0.15) is 0 Å². The van der Waals surface area contributed by atoms with Crippen LogP contribution in [0.25, 0.3) is 0 Å². The molecule has 1 aromatic rings. The Morgan fingerprint density at radius 2 is 1.88 bits per heavy atom. The van der Waals surface area contributed by atoms with Crippen LogP contribution in [0.2, 0.25) is 0 Å². The average molecular weight is 232 g/mol. The summed E-state index contributed by atoms with van der Waals surface area (Å²) in [5.74, 6) is 0.723. The van der Waals surface area contributed by atoms with E-state index in [2.05, 4.69) is 43.4 Å². The van der Waals surface area contributed by atoms with Gasteiger partial charge in [0.15, 0.2) is 0 Å². The van der Waals surface area contributed by atoms with Gasteiger partial charge in [0.05, 0.1) is 0 Å². The van der Waals surface area contributed by atoms with Gasteiger partial charge in [-0.3, -0.25) is 0 Å². The fraction of sp³-hybridized carbons (Fsp3) is 0.600. The molecule has 0 atom stereocenters. The molecule has 0 aliphatic heterocycles. The molecule has 0 radical (unpaired) electrons. The van der Waals surface area contributed by atoms with Crippen LogP contribution in [0.3, 0.4) is 0 Å². The van der Waals surface area contributed by atoms with E-state index >= 15 is 0 Å². The maximum Gasteiger partial charge on any atom is 0.0340 e. The van der Waals surface area contributed by atoms with Crippen LogP contribution >= 0.6 is 0 Å². The highest BCUT2D eigenvalue weighted by molar-refractivity contribution is 5.45. The first-order valence-electron chi connectivity index (χ1n) is 6.66. The quantitative estimate of drug-likeness (QED) is 0.791. The molecule has 17 heavy (non-hydrogen) atoms. The topological polar surface area (TPSA) is 38.0 Å². The Morgan fingerprint density at radius 3 is 2.35 bits per heavy atom. The highest BCUT2D eigenvalue weighted by Crippen LogP contribution is 2.44. The molecule has 94 valence electrons. The lowest BCUT2D eigenvalue weighted by Crippen LogP contribution is -2.24. The Hall–Kier alpha value is -1.02. The van der Waals surface area contributed by atoms with Crippen LogP contribution in [-0.2, 0) is 6.42 Å². The Labute approximate surface area is 105 Å². The maximum absolute atomic E-state index is 5.77. The van der Waals surface area contributed by atoms with Crippen LogP contribution in [-0.4, -0.2) is 13.1 Å². The van der Waals surface area contributed by atoms with Crippen molar-refractivity contribution in [2.24, 2.45) is 17.1 Å². The fourth-order valence-corrected chi connectivity index (χ4v) is 2.15. The van der Waals surface area contributed by atoms with Crippen LogP contribution in [0.5, 0.6) is 0 Å². The fourth-order valence-electron chi connectivity index (χ4n) is 2.15. The van der Waals surface area contributed by atoms with Crippen molar-refractivity contribution in [3.63, 3.8) is 0 Å². The predicted molar refractivity (Wildman–Crippen MR) is 74.2 cm³/mol. The van der Waals surface area contributed by atoms with Crippen molar-refractivity contribution < 1.29 is 0 Å². The summed E-state index contributed by atoms with van der Waals surface area (Å²) in [5, 5.41) is 3.50. The zero-order valence-corrected chi connectivity index (χ0v) is 11.0. The van der Waals surface area contributed by atoms with Gasteiger partial charge in [-0.1, -0.05) is 26.0 Å². The van der Waals surface area contributed by atoms with Gasteiger partial charge < -0.3 is 11.1 Å². The third-order valence-electron chi connectivity index (χ3n) is 3.66. The molecule has 0 heterocycles. The zero-order valence-electron chi connectivity index (χ0n) is 11.0. The van der Waals surface area contributed by atoms with Crippen molar-refractivity contribution in [3.8, 4) is 0 Å². The third kappa shape index (κ3) is 3.47. The molecule has 1 aliphatic rings. The van der Waals surface area contributed by atoms with Crippen LogP contribution in [0.4, 0.5) is 5.69 Å². The highest BCUT2D eigenvalue weighted by atomic mass is 14.9. The molecule has 0 spiro atoms. The molecule has 1 saturated carbocycles. The molecule has 0 saturated heterocycles. The zero-order chi connectivity index (χ0) is 12.3. The number of hydrogen-bond donors (Lipinski definition) is 2. The molecule has 2 nitrogen and oxygen atoms in total. The van der Waals surface area contributed by atoms with E-state index in [4.69, 9.17) is 5.73 Å². The number of rotatable bonds is 6. The lowest BCUT2D eigenvalue weighted by atomic mass is 10.0. The number of nitrogens with two attached hydrogens (primary N) is 1. The van der Waals surface area contributed by atoms with Crippen molar-refractivity contribution >= 4 is 5.69 Å². The smallest absolute Gasteiger partial charge is 0.0340 e. The molecule has 2 heteroatoms. The first-order chi connectivity index (χ1) is 8.13. The van der Waals surface area contributed by atoms with Crippen molar-refractivity contribution in [3.05, 3.63) is 29.8 Å². The van der Waals surface area contributed by atoms with E-state index < -0.39 is 0 Å². The van der Waals surface area contributed by atoms with Crippen LogP contribution in [0.1, 0.15) is 32.3 Å². The Balaban J connectivity index is 1.85. The molecule has 0 bridgehead atoms. The number of nitrogens with one attached hydrogen (secondary N) is 1. The second-order valence-electron chi connectivity index (χ2n) is 5.85. The molecule has 1 fully saturated rings. The highest BCUT2D eigenvalue weighted by Gasteiger charge is 2.40. The van der Waals surface area contributed by atoms with Gasteiger partial charge in [0, 0.05) is 12.2 Å². The second kappa shape index (κ2) is 5.09. The number of hydrogen-bond acceptors (Lipinski definition) is 2. The van der Waals surface area contributed by atoms with Gasteiger partial charge in [-0.15, -0.1) is 0 Å². The number of anilines is 1. The predicted octanol–water partition coefficient (Wildman–Crippen LogP) is 3.04. The molecular weight excluding hydrogens is 208 g/mol. The van der Waals surface area contributed by atoms with Crippen LogP contribution in [0, 0.1) is 11.3 Å². The van der Waals surface area contributed by atoms with E-state index in [1.165, 1.54) is 24.1 Å². The van der Waals surface area contributed by atoms with Gasteiger partial charge in [-0.25, -0.2) is 0 Å². The van der Waals surface area contributed by atoms with Crippen molar-refractivity contribution in [1.29, 1.82) is 0 Å². The Morgan fingerprint density at radius 1 is 1.24 bits per heavy atom. The molecule has 3 N–H and O–H groups in total. The molecule has 1 aromatic carbocycles. The lowest BCUT2D eigenvalue weighted by Gasteiger charge is -2.14. The molecular formula is C15H24N2. The molecule has 0 unspecified atom stereocenters. The summed E-state index contributed by atoms with van der Waals surface area (Å²) in [5.41, 5.74) is 8.81. The summed E-state index contributed by atoms with van der Waals surface area (Å²) in [7, 11) is 0. The largest absolute Gasteiger partial charge is 0.384 e. The van der Waals surface area contributed by atoms with Crippen LogP contribution in [0.15, 0.2) is 24.3 Å². The van der Waals surface area contributed by atoms with Gasteiger partial charge in [0.2, 0.25) is 0 Å². The number of benzene rings is 1. The van der Waals surface area contributed by atoms with Gasteiger partial charge in [-0.05, 0) is 54.8 Å². The molecule has 0 amide bonds. The minimum absolute atomic E-state index is 0.399. The summed E-state index contributed by atoms with van der Waals surface area (Å²) in [6, 6.07) is 8.82. The van der Waals surface area contributed by atoms with E-state index in [-0.39, 0.29) is 0 Å². The second-order valence-corrected chi connectivity index (χ2v) is 5.85. The van der Waals surface area contributed by atoms with E-state index in [0.29, 0.717) is 5.41 Å². The Kier molecular flexibility index (Phi) is 3.72. The van der Waals surface area contributed by atoms with Gasteiger partial charge in [0.25, 0.3) is 0 Å². The molecule has 2 rings (SSSR count). The summed E-state index contributed by atoms with van der Waals surface area (Å²) in [6.07, 6.45) is 3.72. The summed E-state index contributed by atoms with van der Waals surface area (Å²) in [4.78, 5) is 0. The SMILES string of the molecule is CC(C)Cc1ccc(NCC2(CN)CC2)cc1. The minimum atomic E-state index is 0.399. The van der Waals surface area contributed by atoms with E-state index in [9.17, 15) is 0 Å². The van der Waals surface area contributed by atoms with Crippen LogP contribution < -0.4 is 11.1 Å². The minimum Gasteiger partial charge on any atom is -0.384 e. The monoisotopic (exact) mass is 232 g/mol.